The van der Waals surface area contributed by atoms with Gasteiger partial charge >= 0.3 is 0 Å². The fourth-order valence-corrected chi connectivity index (χ4v) is 3.22. The maximum Gasteiger partial charge on any atom is 0.253 e. The van der Waals surface area contributed by atoms with Gasteiger partial charge in [-0.1, -0.05) is 13.3 Å². The zero-order valence-corrected chi connectivity index (χ0v) is 13.7. The number of pyridine rings is 1. The van der Waals surface area contributed by atoms with Crippen LogP contribution >= 0.6 is 0 Å². The van der Waals surface area contributed by atoms with Crippen molar-refractivity contribution < 1.29 is 4.79 Å². The normalized spacial score (nSPS) is 15.8. The minimum absolute atomic E-state index is 0.111. The molecule has 1 aliphatic rings. The number of amides is 1. The minimum Gasteiger partial charge on any atom is -0.339 e. The van der Waals surface area contributed by atoms with Crippen LogP contribution in [0.1, 0.15) is 54.7 Å². The molecular formula is C18H24N4O. The Morgan fingerprint density at radius 3 is 2.65 bits per heavy atom. The predicted octanol–water partition coefficient (Wildman–Crippen LogP) is 3.10. The van der Waals surface area contributed by atoms with Crippen molar-refractivity contribution in [2.75, 3.05) is 13.1 Å². The smallest absolute Gasteiger partial charge is 0.253 e. The lowest BCUT2D eigenvalue weighted by atomic mass is 9.95. The molecule has 122 valence electrons. The number of imidazole rings is 1. The van der Waals surface area contributed by atoms with Crippen molar-refractivity contribution in [1.29, 1.82) is 0 Å². The Morgan fingerprint density at radius 2 is 1.96 bits per heavy atom. The van der Waals surface area contributed by atoms with Crippen molar-refractivity contribution in [2.24, 2.45) is 0 Å². The number of hydrogen-bond acceptors (Lipinski definition) is 3. The topological polar surface area (TPSA) is 51.0 Å². The second-order valence-corrected chi connectivity index (χ2v) is 6.13. The Labute approximate surface area is 137 Å². The molecule has 1 amide bonds. The third kappa shape index (κ3) is 3.60. The third-order valence-corrected chi connectivity index (χ3v) is 4.57. The molecule has 2 aromatic heterocycles. The number of rotatable bonds is 5. The Balaban J connectivity index is 1.60. The van der Waals surface area contributed by atoms with Crippen LogP contribution in [0.15, 0.2) is 36.9 Å². The second kappa shape index (κ2) is 7.40. The highest BCUT2D eigenvalue weighted by Gasteiger charge is 2.26. The van der Waals surface area contributed by atoms with Crippen molar-refractivity contribution >= 4 is 5.91 Å². The summed E-state index contributed by atoms with van der Waals surface area (Å²) in [6, 6.07) is 3.57. The van der Waals surface area contributed by atoms with E-state index >= 15 is 0 Å². The number of nitrogens with zero attached hydrogens (tertiary/aromatic N) is 4. The van der Waals surface area contributed by atoms with Gasteiger partial charge in [0.1, 0.15) is 5.82 Å². The number of unbranched alkanes of at least 4 members (excludes halogenated alkanes) is 1. The van der Waals surface area contributed by atoms with Gasteiger partial charge in [0, 0.05) is 55.9 Å². The zero-order chi connectivity index (χ0) is 16.1. The number of likely N-dealkylation sites (tertiary alicyclic amines) is 1. The highest BCUT2D eigenvalue weighted by atomic mass is 16.2. The van der Waals surface area contributed by atoms with E-state index in [9.17, 15) is 4.79 Å². The van der Waals surface area contributed by atoms with E-state index in [0.29, 0.717) is 5.92 Å². The van der Waals surface area contributed by atoms with Crippen LogP contribution < -0.4 is 0 Å². The van der Waals surface area contributed by atoms with Crippen LogP contribution in [0.5, 0.6) is 0 Å². The first-order valence-electron chi connectivity index (χ1n) is 8.50. The molecule has 0 atom stereocenters. The number of carbonyl (C=O) groups excluding carboxylic acids is 1. The summed E-state index contributed by atoms with van der Waals surface area (Å²) >= 11 is 0. The van der Waals surface area contributed by atoms with Crippen LogP contribution in [0.3, 0.4) is 0 Å². The van der Waals surface area contributed by atoms with E-state index in [2.05, 4.69) is 27.7 Å². The maximum absolute atomic E-state index is 12.5. The van der Waals surface area contributed by atoms with Gasteiger partial charge in [0.15, 0.2) is 0 Å². The monoisotopic (exact) mass is 312 g/mol. The molecule has 1 fully saturated rings. The lowest BCUT2D eigenvalue weighted by molar-refractivity contribution is 0.0710. The second-order valence-electron chi connectivity index (χ2n) is 6.13. The number of aryl methyl sites for hydroxylation is 1. The molecule has 0 aliphatic carbocycles. The van der Waals surface area contributed by atoms with Crippen LogP contribution in [0, 0.1) is 0 Å². The summed E-state index contributed by atoms with van der Waals surface area (Å²) in [7, 11) is 0. The Bertz CT molecular complexity index is 629. The first-order valence-corrected chi connectivity index (χ1v) is 8.50. The minimum atomic E-state index is 0.111. The summed E-state index contributed by atoms with van der Waals surface area (Å²) in [5, 5.41) is 0. The fourth-order valence-electron chi connectivity index (χ4n) is 3.22. The molecule has 1 aliphatic heterocycles. The number of carbonyl (C=O) groups is 1. The van der Waals surface area contributed by atoms with Crippen molar-refractivity contribution in [3.8, 4) is 0 Å². The van der Waals surface area contributed by atoms with Gasteiger partial charge < -0.3 is 9.47 Å². The van der Waals surface area contributed by atoms with Crippen molar-refractivity contribution in [1.82, 2.24) is 19.4 Å². The van der Waals surface area contributed by atoms with Gasteiger partial charge in [-0.05, 0) is 31.4 Å². The van der Waals surface area contributed by atoms with Crippen LogP contribution in [0.4, 0.5) is 0 Å². The molecule has 3 rings (SSSR count). The molecule has 5 heteroatoms. The van der Waals surface area contributed by atoms with Crippen LogP contribution in [0.25, 0.3) is 0 Å². The standard InChI is InChI=1S/C18H24N4O/c1-2-3-11-21-14-10-20-17(21)15-6-12-22(13-7-15)18(23)16-4-8-19-9-5-16/h4-5,8-10,14-15H,2-3,6-7,11-13H2,1H3. The summed E-state index contributed by atoms with van der Waals surface area (Å²) in [5.41, 5.74) is 0.725. The molecule has 0 spiro atoms. The lowest BCUT2D eigenvalue weighted by Gasteiger charge is -2.32. The average molecular weight is 312 g/mol. The lowest BCUT2D eigenvalue weighted by Crippen LogP contribution is -2.38. The van der Waals surface area contributed by atoms with Gasteiger partial charge in [-0.2, -0.15) is 0 Å². The molecule has 0 unspecified atom stereocenters. The van der Waals surface area contributed by atoms with Crippen LogP contribution in [0.2, 0.25) is 0 Å². The quantitative estimate of drug-likeness (QED) is 0.852. The molecule has 0 saturated carbocycles. The molecule has 2 aromatic rings. The van der Waals surface area contributed by atoms with Crippen molar-refractivity contribution in [2.45, 2.75) is 45.1 Å². The molecule has 1 saturated heterocycles. The van der Waals surface area contributed by atoms with Crippen LogP contribution in [-0.2, 0) is 6.54 Å². The first kappa shape index (κ1) is 15.7. The summed E-state index contributed by atoms with van der Waals surface area (Å²) in [6.45, 7) is 4.85. The Hall–Kier alpha value is -2.17. The zero-order valence-electron chi connectivity index (χ0n) is 13.7. The van der Waals surface area contributed by atoms with Gasteiger partial charge in [-0.25, -0.2) is 4.98 Å². The van der Waals surface area contributed by atoms with Gasteiger partial charge in [-0.3, -0.25) is 9.78 Å². The van der Waals surface area contributed by atoms with Gasteiger partial charge in [0.2, 0.25) is 0 Å². The van der Waals surface area contributed by atoms with E-state index in [4.69, 9.17) is 0 Å². The van der Waals surface area contributed by atoms with E-state index in [1.807, 2.05) is 11.1 Å². The molecule has 0 bridgehead atoms. The predicted molar refractivity (Wildman–Crippen MR) is 89.3 cm³/mol. The molecule has 0 aromatic carbocycles. The first-order chi connectivity index (χ1) is 11.3. The largest absolute Gasteiger partial charge is 0.339 e. The SMILES string of the molecule is CCCCn1ccnc1C1CCN(C(=O)c2ccncc2)CC1. The average Bonchev–Trinajstić information content (AvgIpc) is 3.08. The van der Waals surface area contributed by atoms with Crippen molar-refractivity contribution in [3.63, 3.8) is 0 Å². The number of aromatic nitrogens is 3. The molecule has 3 heterocycles. The van der Waals surface area contributed by atoms with E-state index in [-0.39, 0.29) is 5.91 Å². The van der Waals surface area contributed by atoms with Crippen molar-refractivity contribution in [3.05, 3.63) is 48.3 Å². The van der Waals surface area contributed by atoms with E-state index < -0.39 is 0 Å². The highest BCUT2D eigenvalue weighted by Crippen LogP contribution is 2.27. The van der Waals surface area contributed by atoms with E-state index in [1.54, 1.807) is 24.5 Å². The third-order valence-electron chi connectivity index (χ3n) is 4.57. The summed E-state index contributed by atoms with van der Waals surface area (Å²) < 4.78 is 2.29. The Kier molecular flexibility index (Phi) is 5.05. The van der Waals surface area contributed by atoms with E-state index in [1.165, 1.54) is 18.7 Å². The molecule has 0 N–H and O–H groups in total. The highest BCUT2D eigenvalue weighted by molar-refractivity contribution is 5.94. The molecule has 23 heavy (non-hydrogen) atoms. The summed E-state index contributed by atoms with van der Waals surface area (Å²) in [4.78, 5) is 23.0. The van der Waals surface area contributed by atoms with Gasteiger partial charge in [-0.15, -0.1) is 0 Å². The maximum atomic E-state index is 12.5. The Morgan fingerprint density at radius 1 is 1.22 bits per heavy atom. The molecular weight excluding hydrogens is 288 g/mol. The number of hydrogen-bond donors (Lipinski definition) is 0. The summed E-state index contributed by atoms with van der Waals surface area (Å²) in [5.74, 6) is 1.76. The van der Waals surface area contributed by atoms with E-state index in [0.717, 1.165) is 38.0 Å². The molecule has 5 nitrogen and oxygen atoms in total. The summed E-state index contributed by atoms with van der Waals surface area (Å²) in [6.07, 6.45) is 11.7. The van der Waals surface area contributed by atoms with Gasteiger partial charge in [0.25, 0.3) is 5.91 Å². The van der Waals surface area contributed by atoms with Gasteiger partial charge in [0.05, 0.1) is 0 Å². The van der Waals surface area contributed by atoms with Crippen LogP contribution in [-0.4, -0.2) is 38.4 Å². The molecule has 0 radical (unpaired) electrons. The number of piperidine rings is 1. The fraction of sp³-hybridized carbons (Fsp3) is 0.500.